The van der Waals surface area contributed by atoms with Crippen LogP contribution in [0.1, 0.15) is 6.92 Å². The summed E-state index contributed by atoms with van der Waals surface area (Å²) in [6, 6.07) is 13.2. The van der Waals surface area contributed by atoms with E-state index in [1.165, 1.54) is 4.90 Å². The number of benzene rings is 2. The van der Waals surface area contributed by atoms with Crippen LogP contribution in [0.3, 0.4) is 0 Å². The lowest BCUT2D eigenvalue weighted by Crippen LogP contribution is -2.41. The molecule has 0 fully saturated rings. The number of hydrogen-bond acceptors (Lipinski definition) is 6. The highest BCUT2D eigenvalue weighted by Crippen LogP contribution is 2.29. The van der Waals surface area contributed by atoms with E-state index in [0.717, 1.165) is 0 Å². The predicted octanol–water partition coefficient (Wildman–Crippen LogP) is 2.98. The lowest BCUT2D eigenvalue weighted by Gasteiger charge is -2.23. The molecule has 0 bridgehead atoms. The molecule has 1 unspecified atom stereocenters. The first-order valence-electron chi connectivity index (χ1n) is 8.84. The smallest absolute Gasteiger partial charge is 0.333 e. The molecule has 3 rings (SSSR count). The monoisotopic (exact) mass is 382 g/mol. The number of amides is 1. The van der Waals surface area contributed by atoms with Crippen molar-refractivity contribution in [3.05, 3.63) is 60.3 Å². The van der Waals surface area contributed by atoms with E-state index in [9.17, 15) is 9.59 Å². The van der Waals surface area contributed by atoms with Gasteiger partial charge in [0.1, 0.15) is 17.2 Å². The molecule has 28 heavy (non-hydrogen) atoms. The van der Waals surface area contributed by atoms with Gasteiger partial charge < -0.3 is 19.5 Å². The van der Waals surface area contributed by atoms with Gasteiger partial charge in [-0.1, -0.05) is 0 Å². The third-order valence-electron chi connectivity index (χ3n) is 4.30. The van der Waals surface area contributed by atoms with Crippen LogP contribution in [0, 0.1) is 0 Å². The lowest BCUT2D eigenvalue weighted by atomic mass is 10.2. The van der Waals surface area contributed by atoms with Crippen LogP contribution in [0.4, 0.5) is 11.4 Å². The van der Waals surface area contributed by atoms with Crippen molar-refractivity contribution in [3.8, 4) is 11.5 Å². The molecule has 2 aromatic carbocycles. The zero-order valence-electron chi connectivity index (χ0n) is 16.0. The molecule has 1 aliphatic heterocycles. The molecule has 7 nitrogen and oxygen atoms in total. The van der Waals surface area contributed by atoms with Crippen molar-refractivity contribution in [1.29, 1.82) is 0 Å². The van der Waals surface area contributed by atoms with Crippen LogP contribution in [0.25, 0.3) is 0 Å². The van der Waals surface area contributed by atoms with Gasteiger partial charge in [-0.2, -0.15) is 0 Å². The second kappa shape index (κ2) is 8.47. The number of hydrogen-bond donors (Lipinski definition) is 1. The average molecular weight is 382 g/mol. The van der Waals surface area contributed by atoms with Crippen LogP contribution in [0.2, 0.25) is 0 Å². The molecule has 1 N–H and O–H groups in total. The third kappa shape index (κ3) is 3.93. The Morgan fingerprint density at radius 1 is 1.00 bits per heavy atom. The maximum atomic E-state index is 13.0. The fraction of sp³-hybridized carbons (Fsp3) is 0.238. The van der Waals surface area contributed by atoms with E-state index in [4.69, 9.17) is 14.2 Å². The van der Waals surface area contributed by atoms with E-state index in [1.54, 1.807) is 75.8 Å². The quantitative estimate of drug-likeness (QED) is 0.742. The normalized spacial score (nSPS) is 15.8. The second-order valence-corrected chi connectivity index (χ2v) is 6.00. The van der Waals surface area contributed by atoms with Gasteiger partial charge in [-0.05, 0) is 61.5 Å². The first kappa shape index (κ1) is 19.3. The van der Waals surface area contributed by atoms with Crippen LogP contribution in [-0.4, -0.2) is 38.7 Å². The van der Waals surface area contributed by atoms with Crippen LogP contribution >= 0.6 is 0 Å². The minimum absolute atomic E-state index is 0.231. The Hall–Kier alpha value is -3.48. The number of nitrogens with one attached hydrogen (secondary N) is 1. The SMILES string of the molecule is CCOC(=O)C1C=C(Nc2ccc(OC)cc2)C(=O)N1c1ccc(OC)cc1. The molecule has 0 radical (unpaired) electrons. The van der Waals surface area contributed by atoms with Crippen molar-refractivity contribution in [1.82, 2.24) is 0 Å². The van der Waals surface area contributed by atoms with Crippen molar-refractivity contribution in [2.45, 2.75) is 13.0 Å². The molecule has 0 spiro atoms. The Balaban J connectivity index is 1.88. The topological polar surface area (TPSA) is 77.1 Å². The first-order valence-corrected chi connectivity index (χ1v) is 8.84. The summed E-state index contributed by atoms with van der Waals surface area (Å²) in [6.45, 7) is 1.96. The molecule has 146 valence electrons. The zero-order valence-corrected chi connectivity index (χ0v) is 16.0. The Morgan fingerprint density at radius 3 is 2.11 bits per heavy atom. The fourth-order valence-electron chi connectivity index (χ4n) is 2.91. The Morgan fingerprint density at radius 2 is 1.57 bits per heavy atom. The standard InChI is InChI=1S/C21H22N2O5/c1-4-28-21(25)19-13-18(22-14-5-9-16(26-2)10-6-14)20(24)23(19)15-7-11-17(27-3)12-8-15/h5-13,19,22H,4H2,1-3H3. The highest BCUT2D eigenvalue weighted by molar-refractivity contribution is 6.14. The molecule has 0 aliphatic carbocycles. The van der Waals surface area contributed by atoms with Crippen molar-refractivity contribution in [3.63, 3.8) is 0 Å². The number of rotatable bonds is 7. The second-order valence-electron chi connectivity index (χ2n) is 6.00. The number of ether oxygens (including phenoxy) is 3. The molecule has 0 saturated carbocycles. The number of methoxy groups -OCH3 is 2. The molecule has 1 atom stereocenters. The Bertz CT molecular complexity index is 875. The van der Waals surface area contributed by atoms with E-state index >= 15 is 0 Å². The summed E-state index contributed by atoms with van der Waals surface area (Å²) in [7, 11) is 3.15. The van der Waals surface area contributed by atoms with Crippen molar-refractivity contribution < 1.29 is 23.8 Å². The van der Waals surface area contributed by atoms with E-state index in [2.05, 4.69) is 5.32 Å². The van der Waals surface area contributed by atoms with E-state index < -0.39 is 12.0 Å². The van der Waals surface area contributed by atoms with Crippen molar-refractivity contribution in [2.75, 3.05) is 31.0 Å². The molecule has 0 aromatic heterocycles. The number of esters is 1. The Labute approximate surface area is 163 Å². The summed E-state index contributed by atoms with van der Waals surface area (Å²) >= 11 is 0. The minimum Gasteiger partial charge on any atom is -0.497 e. The molecule has 2 aromatic rings. The van der Waals surface area contributed by atoms with Crippen LogP contribution in [0.15, 0.2) is 60.3 Å². The van der Waals surface area contributed by atoms with Gasteiger partial charge in [-0.15, -0.1) is 0 Å². The predicted molar refractivity (Wildman–Crippen MR) is 106 cm³/mol. The zero-order chi connectivity index (χ0) is 20.1. The summed E-state index contributed by atoms with van der Waals surface area (Å²) in [5.41, 5.74) is 1.59. The molecular weight excluding hydrogens is 360 g/mol. The first-order chi connectivity index (χ1) is 13.6. The number of carbonyl (C=O) groups is 2. The van der Waals surface area contributed by atoms with Gasteiger partial charge in [0, 0.05) is 11.4 Å². The van der Waals surface area contributed by atoms with Crippen LogP contribution in [-0.2, 0) is 14.3 Å². The van der Waals surface area contributed by atoms with Crippen molar-refractivity contribution >= 4 is 23.3 Å². The summed E-state index contributed by atoms with van der Waals surface area (Å²) in [5.74, 6) is 0.561. The molecule has 1 aliphatic rings. The molecule has 1 amide bonds. The molecule has 1 heterocycles. The summed E-state index contributed by atoms with van der Waals surface area (Å²) in [5, 5.41) is 3.07. The molecule has 0 saturated heterocycles. The Kier molecular flexibility index (Phi) is 5.84. The van der Waals surface area contributed by atoms with Gasteiger partial charge in [-0.25, -0.2) is 4.79 Å². The summed E-state index contributed by atoms with van der Waals surface area (Å²) in [4.78, 5) is 26.9. The average Bonchev–Trinajstić information content (AvgIpc) is 3.05. The van der Waals surface area contributed by atoms with Gasteiger partial charge in [0.05, 0.1) is 20.8 Å². The molecular formula is C21H22N2O5. The number of nitrogens with zero attached hydrogens (tertiary/aromatic N) is 1. The highest BCUT2D eigenvalue weighted by atomic mass is 16.5. The van der Waals surface area contributed by atoms with E-state index in [-0.39, 0.29) is 12.5 Å². The van der Waals surface area contributed by atoms with E-state index in [1.807, 2.05) is 0 Å². The van der Waals surface area contributed by atoms with Crippen molar-refractivity contribution in [2.24, 2.45) is 0 Å². The largest absolute Gasteiger partial charge is 0.497 e. The van der Waals surface area contributed by atoms with Gasteiger partial charge in [0.25, 0.3) is 5.91 Å². The summed E-state index contributed by atoms with van der Waals surface area (Å²) in [6.07, 6.45) is 1.58. The third-order valence-corrected chi connectivity index (χ3v) is 4.30. The van der Waals surface area contributed by atoms with Gasteiger partial charge in [0.15, 0.2) is 6.04 Å². The van der Waals surface area contributed by atoms with Crippen LogP contribution in [0.5, 0.6) is 11.5 Å². The number of carbonyl (C=O) groups excluding carboxylic acids is 2. The summed E-state index contributed by atoms with van der Waals surface area (Å²) < 4.78 is 15.5. The van der Waals surface area contributed by atoms with Crippen LogP contribution < -0.4 is 19.7 Å². The number of anilines is 2. The fourth-order valence-corrected chi connectivity index (χ4v) is 2.91. The minimum atomic E-state index is -0.846. The van der Waals surface area contributed by atoms with Gasteiger partial charge in [0.2, 0.25) is 0 Å². The lowest BCUT2D eigenvalue weighted by molar-refractivity contribution is -0.144. The van der Waals surface area contributed by atoms with Gasteiger partial charge >= 0.3 is 5.97 Å². The van der Waals surface area contributed by atoms with E-state index in [0.29, 0.717) is 28.6 Å². The maximum absolute atomic E-state index is 13.0. The highest BCUT2D eigenvalue weighted by Gasteiger charge is 2.39. The maximum Gasteiger partial charge on any atom is 0.333 e. The van der Waals surface area contributed by atoms with Gasteiger partial charge in [-0.3, -0.25) is 9.69 Å². The molecule has 7 heteroatoms.